The summed E-state index contributed by atoms with van der Waals surface area (Å²) in [5, 5.41) is 1.41. The van der Waals surface area contributed by atoms with Crippen LogP contribution < -0.4 is 0 Å². The number of pyridine rings is 1. The van der Waals surface area contributed by atoms with E-state index in [-0.39, 0.29) is 5.78 Å². The van der Waals surface area contributed by atoms with Gasteiger partial charge in [-0.1, -0.05) is 59.6 Å². The Morgan fingerprint density at radius 1 is 1.09 bits per heavy atom. The van der Waals surface area contributed by atoms with E-state index >= 15 is 0 Å². The van der Waals surface area contributed by atoms with Gasteiger partial charge < -0.3 is 0 Å². The Kier molecular flexibility index (Phi) is 4.26. The van der Waals surface area contributed by atoms with E-state index in [1.54, 1.807) is 6.08 Å². The number of rotatable bonds is 3. The summed E-state index contributed by atoms with van der Waals surface area (Å²) in [6.07, 6.45) is 3.26. The molecule has 0 aliphatic heterocycles. The van der Waals surface area contributed by atoms with Crippen molar-refractivity contribution in [3.8, 4) is 0 Å². The van der Waals surface area contributed by atoms with Gasteiger partial charge in [0.1, 0.15) is 5.15 Å². The maximum Gasteiger partial charge on any atom is 0.185 e. The molecule has 0 saturated carbocycles. The number of carbonyl (C=O) groups excluding carboxylic acids is 1. The fraction of sp³-hybridized carbons (Fsp3) is 0.100. The Labute approximate surface area is 140 Å². The third-order valence-electron chi connectivity index (χ3n) is 3.78. The predicted molar refractivity (Wildman–Crippen MR) is 96.0 cm³/mol. The summed E-state index contributed by atoms with van der Waals surface area (Å²) < 4.78 is 0. The minimum Gasteiger partial charge on any atom is -0.289 e. The lowest BCUT2D eigenvalue weighted by Gasteiger charge is -2.04. The van der Waals surface area contributed by atoms with Crippen molar-refractivity contribution in [1.29, 1.82) is 0 Å². The number of aromatic nitrogens is 1. The van der Waals surface area contributed by atoms with Gasteiger partial charge in [-0.2, -0.15) is 0 Å². The van der Waals surface area contributed by atoms with Crippen molar-refractivity contribution in [3.05, 3.63) is 82.0 Å². The van der Waals surface area contributed by atoms with Gasteiger partial charge in [-0.15, -0.1) is 0 Å². The predicted octanol–water partition coefficient (Wildman–Crippen LogP) is 5.40. The van der Waals surface area contributed by atoms with Crippen LogP contribution in [0.15, 0.2) is 54.6 Å². The first-order valence-corrected chi connectivity index (χ1v) is 7.77. The Hall–Kier alpha value is -2.45. The first kappa shape index (κ1) is 15.4. The monoisotopic (exact) mass is 321 g/mol. The molecule has 0 radical (unpaired) electrons. The van der Waals surface area contributed by atoms with Crippen molar-refractivity contribution < 1.29 is 4.79 Å². The lowest BCUT2D eigenvalue weighted by Crippen LogP contribution is -1.94. The van der Waals surface area contributed by atoms with Crippen LogP contribution in [0.4, 0.5) is 0 Å². The number of hydrogen-bond donors (Lipinski definition) is 0. The molecule has 0 N–H and O–H groups in total. The van der Waals surface area contributed by atoms with E-state index in [9.17, 15) is 4.79 Å². The summed E-state index contributed by atoms with van der Waals surface area (Å²) >= 11 is 6.25. The highest BCUT2D eigenvalue weighted by molar-refractivity contribution is 6.31. The highest BCUT2D eigenvalue weighted by Crippen LogP contribution is 2.24. The summed E-state index contributed by atoms with van der Waals surface area (Å²) in [4.78, 5) is 16.6. The Morgan fingerprint density at radius 2 is 1.83 bits per heavy atom. The molecule has 0 saturated heterocycles. The van der Waals surface area contributed by atoms with Crippen LogP contribution in [0.2, 0.25) is 5.15 Å². The fourth-order valence-corrected chi connectivity index (χ4v) is 2.64. The summed E-state index contributed by atoms with van der Waals surface area (Å²) in [7, 11) is 0. The standard InChI is InChI=1S/C20H16ClNO/c1-13-6-8-15(9-7-13)18(23)11-10-17-12-16-5-3-4-14(2)19(16)22-20(17)21/h3-12H,1-2H3/b11-10+. The van der Waals surface area contributed by atoms with E-state index in [0.717, 1.165) is 27.6 Å². The average molecular weight is 322 g/mol. The summed E-state index contributed by atoms with van der Waals surface area (Å²) in [6, 6.07) is 15.4. The first-order chi connectivity index (χ1) is 11.0. The van der Waals surface area contributed by atoms with E-state index in [2.05, 4.69) is 4.98 Å². The maximum absolute atomic E-state index is 12.2. The molecular weight excluding hydrogens is 306 g/mol. The van der Waals surface area contributed by atoms with Gasteiger partial charge in [0, 0.05) is 16.5 Å². The molecular formula is C20H16ClNO. The molecule has 23 heavy (non-hydrogen) atoms. The van der Waals surface area contributed by atoms with Gasteiger partial charge in [0.2, 0.25) is 0 Å². The minimum absolute atomic E-state index is 0.0506. The van der Waals surface area contributed by atoms with Gasteiger partial charge in [-0.25, -0.2) is 4.98 Å². The van der Waals surface area contributed by atoms with E-state index in [4.69, 9.17) is 11.6 Å². The molecule has 3 aromatic rings. The highest BCUT2D eigenvalue weighted by Gasteiger charge is 2.06. The zero-order valence-corrected chi connectivity index (χ0v) is 13.8. The molecule has 114 valence electrons. The Bertz CT molecular complexity index is 911. The van der Waals surface area contributed by atoms with Crippen LogP contribution in [0.1, 0.15) is 27.0 Å². The van der Waals surface area contributed by atoms with Crippen LogP contribution in [0.3, 0.4) is 0 Å². The van der Waals surface area contributed by atoms with Crippen LogP contribution >= 0.6 is 11.6 Å². The third-order valence-corrected chi connectivity index (χ3v) is 4.08. The van der Waals surface area contributed by atoms with Gasteiger partial charge in [-0.3, -0.25) is 4.79 Å². The molecule has 1 heterocycles. The van der Waals surface area contributed by atoms with Crippen LogP contribution in [0.25, 0.3) is 17.0 Å². The van der Waals surface area contributed by atoms with Crippen molar-refractivity contribution in [1.82, 2.24) is 4.98 Å². The van der Waals surface area contributed by atoms with Crippen molar-refractivity contribution in [2.45, 2.75) is 13.8 Å². The smallest absolute Gasteiger partial charge is 0.185 e. The number of nitrogens with zero attached hydrogens (tertiary/aromatic N) is 1. The summed E-state index contributed by atoms with van der Waals surface area (Å²) in [6.45, 7) is 3.99. The molecule has 0 atom stereocenters. The largest absolute Gasteiger partial charge is 0.289 e. The zero-order valence-electron chi connectivity index (χ0n) is 13.0. The minimum atomic E-state index is -0.0506. The van der Waals surface area contributed by atoms with Crippen molar-refractivity contribution in [3.63, 3.8) is 0 Å². The van der Waals surface area contributed by atoms with Crippen molar-refractivity contribution >= 4 is 34.4 Å². The molecule has 0 spiro atoms. The quantitative estimate of drug-likeness (QED) is 0.367. The average Bonchev–Trinajstić information content (AvgIpc) is 2.54. The van der Waals surface area contributed by atoms with E-state index in [0.29, 0.717) is 10.7 Å². The molecule has 2 aromatic carbocycles. The molecule has 0 aliphatic carbocycles. The normalized spacial score (nSPS) is 11.3. The Morgan fingerprint density at radius 3 is 2.57 bits per heavy atom. The second-order valence-electron chi connectivity index (χ2n) is 5.58. The third kappa shape index (κ3) is 3.33. The molecule has 0 amide bonds. The highest BCUT2D eigenvalue weighted by atomic mass is 35.5. The SMILES string of the molecule is Cc1ccc(C(=O)/C=C/c2cc3cccc(C)c3nc2Cl)cc1. The number of hydrogen-bond acceptors (Lipinski definition) is 2. The van der Waals surface area contributed by atoms with E-state index < -0.39 is 0 Å². The number of allylic oxidation sites excluding steroid dienone is 1. The van der Waals surface area contributed by atoms with Gasteiger partial charge in [0.25, 0.3) is 0 Å². The number of ketones is 1. The molecule has 3 heteroatoms. The Balaban J connectivity index is 1.93. The molecule has 1 aromatic heterocycles. The lowest BCUT2D eigenvalue weighted by atomic mass is 10.1. The zero-order chi connectivity index (χ0) is 16.4. The van der Waals surface area contributed by atoms with Crippen molar-refractivity contribution in [2.24, 2.45) is 0 Å². The molecule has 0 aliphatic rings. The fourth-order valence-electron chi connectivity index (χ4n) is 2.44. The van der Waals surface area contributed by atoms with Crippen LogP contribution in [0.5, 0.6) is 0 Å². The van der Waals surface area contributed by atoms with E-state index in [1.807, 2.05) is 62.4 Å². The van der Waals surface area contributed by atoms with Gasteiger partial charge >= 0.3 is 0 Å². The van der Waals surface area contributed by atoms with Gasteiger partial charge in [0.15, 0.2) is 5.78 Å². The lowest BCUT2D eigenvalue weighted by molar-refractivity contribution is 0.104. The van der Waals surface area contributed by atoms with Gasteiger partial charge in [0.05, 0.1) is 5.52 Å². The topological polar surface area (TPSA) is 30.0 Å². The molecule has 0 bridgehead atoms. The van der Waals surface area contributed by atoms with Crippen LogP contribution in [-0.2, 0) is 0 Å². The van der Waals surface area contributed by atoms with Crippen LogP contribution in [0, 0.1) is 13.8 Å². The second kappa shape index (κ2) is 6.35. The number of aryl methyl sites for hydroxylation is 2. The number of fused-ring (bicyclic) bond motifs is 1. The number of para-hydroxylation sites is 1. The first-order valence-electron chi connectivity index (χ1n) is 7.39. The summed E-state index contributed by atoms with van der Waals surface area (Å²) in [5.41, 5.74) is 4.50. The maximum atomic E-state index is 12.2. The number of halogens is 1. The van der Waals surface area contributed by atoms with Gasteiger partial charge in [-0.05, 0) is 37.6 Å². The summed E-state index contributed by atoms with van der Waals surface area (Å²) in [5.74, 6) is -0.0506. The molecule has 3 rings (SSSR count). The second-order valence-corrected chi connectivity index (χ2v) is 5.94. The molecule has 2 nitrogen and oxygen atoms in total. The number of benzene rings is 2. The molecule has 0 fully saturated rings. The number of carbonyl (C=O) groups is 1. The van der Waals surface area contributed by atoms with Crippen molar-refractivity contribution in [2.75, 3.05) is 0 Å². The van der Waals surface area contributed by atoms with Crippen LogP contribution in [-0.4, -0.2) is 10.8 Å². The molecule has 0 unspecified atom stereocenters. The van der Waals surface area contributed by atoms with E-state index in [1.165, 1.54) is 6.08 Å².